The number of amides is 2. The molecule has 2 aliphatic rings. The van der Waals surface area contributed by atoms with Crippen LogP contribution in [0.1, 0.15) is 68.2 Å². The second-order valence-electron chi connectivity index (χ2n) is 9.09. The van der Waals surface area contributed by atoms with Crippen molar-refractivity contribution < 1.29 is 22.7 Å². The molecule has 2 heterocycles. The molecule has 0 saturated heterocycles. The van der Waals surface area contributed by atoms with Gasteiger partial charge in [0, 0.05) is 36.3 Å². The Bertz CT molecular complexity index is 897. The van der Waals surface area contributed by atoms with E-state index < -0.39 is 21.7 Å². The lowest BCUT2D eigenvalue weighted by molar-refractivity contribution is 0.0222. The molecule has 1 aromatic heterocycles. The first kappa shape index (κ1) is 22.5. The Balaban J connectivity index is 1.59. The van der Waals surface area contributed by atoms with Gasteiger partial charge in [0.05, 0.1) is 12.8 Å². The van der Waals surface area contributed by atoms with Gasteiger partial charge in [0.2, 0.25) is 10.0 Å². The lowest BCUT2D eigenvalue weighted by Gasteiger charge is -2.30. The van der Waals surface area contributed by atoms with Crippen LogP contribution in [0.2, 0.25) is 0 Å². The van der Waals surface area contributed by atoms with Gasteiger partial charge in [-0.2, -0.15) is 5.10 Å². The van der Waals surface area contributed by atoms with Crippen molar-refractivity contribution in [3.8, 4) is 0 Å². The van der Waals surface area contributed by atoms with Crippen LogP contribution in [0.4, 0.5) is 4.79 Å². The Morgan fingerprint density at radius 3 is 2.40 bits per heavy atom. The van der Waals surface area contributed by atoms with E-state index >= 15 is 0 Å². The summed E-state index contributed by atoms with van der Waals surface area (Å²) in [7, 11) is -3.23. The van der Waals surface area contributed by atoms with Crippen LogP contribution in [-0.2, 0) is 27.7 Å². The number of hydrogen-bond acceptors (Lipinski definition) is 6. The zero-order valence-electron chi connectivity index (χ0n) is 17.9. The first-order chi connectivity index (χ1) is 13.9. The molecule has 0 unspecified atom stereocenters. The maximum atomic E-state index is 12.8. The van der Waals surface area contributed by atoms with Gasteiger partial charge in [0.1, 0.15) is 5.60 Å². The minimum atomic E-state index is -3.23. The van der Waals surface area contributed by atoms with Gasteiger partial charge in [-0.15, -0.1) is 0 Å². The van der Waals surface area contributed by atoms with Crippen LogP contribution in [0.25, 0.3) is 0 Å². The van der Waals surface area contributed by atoms with Crippen LogP contribution in [0.3, 0.4) is 0 Å². The lowest BCUT2D eigenvalue weighted by atomic mass is 9.91. The summed E-state index contributed by atoms with van der Waals surface area (Å²) in [6.45, 7) is 6.22. The first-order valence-electron chi connectivity index (χ1n) is 10.2. The summed E-state index contributed by atoms with van der Waals surface area (Å²) < 4.78 is 30.8. The molecule has 1 aliphatic carbocycles. The van der Waals surface area contributed by atoms with Crippen molar-refractivity contribution in [2.45, 2.75) is 77.1 Å². The van der Waals surface area contributed by atoms with E-state index in [0.717, 1.165) is 17.5 Å². The van der Waals surface area contributed by atoms with Gasteiger partial charge >= 0.3 is 6.09 Å². The minimum absolute atomic E-state index is 0.0343. The molecule has 0 spiro atoms. The summed E-state index contributed by atoms with van der Waals surface area (Å²) in [5.41, 5.74) is 1.30. The van der Waals surface area contributed by atoms with Gasteiger partial charge in [-0.3, -0.25) is 9.89 Å². The predicted molar refractivity (Wildman–Crippen MR) is 110 cm³/mol. The van der Waals surface area contributed by atoms with Crippen LogP contribution in [0, 0.1) is 0 Å². The molecule has 1 fully saturated rings. The fourth-order valence-electron chi connectivity index (χ4n) is 3.88. The Morgan fingerprint density at radius 1 is 1.17 bits per heavy atom. The maximum absolute atomic E-state index is 12.8. The van der Waals surface area contributed by atoms with E-state index in [1.807, 2.05) is 20.8 Å². The monoisotopic (exact) mass is 441 g/mol. The average molecular weight is 442 g/mol. The van der Waals surface area contributed by atoms with E-state index in [-0.39, 0.29) is 24.5 Å². The van der Waals surface area contributed by atoms with Gasteiger partial charge in [-0.05, 0) is 46.5 Å². The number of ether oxygens (including phenoxy) is 1. The normalized spacial score (nSPS) is 22.3. The predicted octanol–water partition coefficient (Wildman–Crippen LogP) is 1.29. The molecule has 1 aromatic rings. The van der Waals surface area contributed by atoms with E-state index in [2.05, 4.69) is 20.2 Å². The number of fused-ring (bicyclic) bond motifs is 1. The lowest BCUT2D eigenvalue weighted by Crippen LogP contribution is -2.44. The van der Waals surface area contributed by atoms with Crippen molar-refractivity contribution in [3.05, 3.63) is 17.0 Å². The SMILES string of the molecule is CC(C)(C)OC(=O)N1CCc2[nH]nc(C(=O)NC3CCC(NS(C)(=O)=O)CC3)c2C1. The molecular weight excluding hydrogens is 410 g/mol. The minimum Gasteiger partial charge on any atom is -0.444 e. The Labute approximate surface area is 177 Å². The molecule has 1 saturated carbocycles. The third-order valence-electron chi connectivity index (χ3n) is 5.24. The number of nitrogens with zero attached hydrogens (tertiary/aromatic N) is 2. The van der Waals surface area contributed by atoms with Gasteiger partial charge in [0.25, 0.3) is 5.91 Å². The highest BCUT2D eigenvalue weighted by molar-refractivity contribution is 7.88. The molecule has 3 rings (SSSR count). The Morgan fingerprint density at radius 2 is 1.80 bits per heavy atom. The Kier molecular flexibility index (Phi) is 6.42. The highest BCUT2D eigenvalue weighted by Crippen LogP contribution is 2.24. The molecule has 0 bridgehead atoms. The number of aromatic nitrogens is 2. The third kappa shape index (κ3) is 5.94. The van der Waals surface area contributed by atoms with Crippen molar-refractivity contribution in [1.82, 2.24) is 25.1 Å². The van der Waals surface area contributed by atoms with Crippen LogP contribution in [0.15, 0.2) is 0 Å². The number of carbonyl (C=O) groups is 2. The highest BCUT2D eigenvalue weighted by atomic mass is 32.2. The number of aromatic amines is 1. The fraction of sp³-hybridized carbons (Fsp3) is 0.737. The van der Waals surface area contributed by atoms with Gasteiger partial charge < -0.3 is 15.0 Å². The van der Waals surface area contributed by atoms with Crippen molar-refractivity contribution in [1.29, 1.82) is 0 Å². The molecule has 0 radical (unpaired) electrons. The second kappa shape index (κ2) is 8.54. The maximum Gasteiger partial charge on any atom is 0.410 e. The van der Waals surface area contributed by atoms with Crippen molar-refractivity contribution >= 4 is 22.0 Å². The zero-order valence-corrected chi connectivity index (χ0v) is 18.8. The van der Waals surface area contributed by atoms with E-state index in [1.54, 1.807) is 4.90 Å². The topological polar surface area (TPSA) is 133 Å². The number of sulfonamides is 1. The van der Waals surface area contributed by atoms with Gasteiger partial charge in [-0.25, -0.2) is 17.9 Å². The summed E-state index contributed by atoms with van der Waals surface area (Å²) >= 11 is 0. The largest absolute Gasteiger partial charge is 0.444 e. The first-order valence-corrected chi connectivity index (χ1v) is 12.1. The summed E-state index contributed by atoms with van der Waals surface area (Å²) in [5.74, 6) is -0.280. The molecule has 168 valence electrons. The molecule has 3 N–H and O–H groups in total. The number of nitrogens with one attached hydrogen (secondary N) is 3. The number of H-pyrrole nitrogens is 1. The summed E-state index contributed by atoms with van der Waals surface area (Å²) in [5, 5.41) is 10.1. The van der Waals surface area contributed by atoms with Crippen molar-refractivity contribution in [2.24, 2.45) is 0 Å². The second-order valence-corrected chi connectivity index (χ2v) is 10.9. The number of carbonyl (C=O) groups excluding carboxylic acids is 2. The average Bonchev–Trinajstić information content (AvgIpc) is 3.04. The molecular formula is C19H31N5O5S. The molecule has 30 heavy (non-hydrogen) atoms. The molecule has 10 nitrogen and oxygen atoms in total. The molecule has 0 aromatic carbocycles. The van der Waals surface area contributed by atoms with Gasteiger partial charge in [-0.1, -0.05) is 0 Å². The highest BCUT2D eigenvalue weighted by Gasteiger charge is 2.31. The summed E-state index contributed by atoms with van der Waals surface area (Å²) in [6.07, 6.45) is 4.05. The van der Waals surface area contributed by atoms with Crippen molar-refractivity contribution in [2.75, 3.05) is 12.8 Å². The smallest absolute Gasteiger partial charge is 0.410 e. The van der Waals surface area contributed by atoms with Crippen LogP contribution >= 0.6 is 0 Å². The van der Waals surface area contributed by atoms with Crippen LogP contribution in [0.5, 0.6) is 0 Å². The van der Waals surface area contributed by atoms with Gasteiger partial charge in [0.15, 0.2) is 5.69 Å². The standard InChI is InChI=1S/C19H31N5O5S/c1-19(2,3)29-18(26)24-10-9-15-14(11-24)16(22-21-15)17(25)20-12-5-7-13(8-6-12)23-30(4,27)28/h12-13,23H,5-11H2,1-4H3,(H,20,25)(H,21,22). The molecule has 11 heteroatoms. The van der Waals surface area contributed by atoms with E-state index in [9.17, 15) is 18.0 Å². The van der Waals surface area contributed by atoms with E-state index in [4.69, 9.17) is 4.74 Å². The number of rotatable bonds is 4. The van der Waals surface area contributed by atoms with Crippen molar-refractivity contribution in [3.63, 3.8) is 0 Å². The summed E-state index contributed by atoms with van der Waals surface area (Å²) in [6, 6.07) is -0.123. The molecule has 0 atom stereocenters. The molecule has 1 aliphatic heterocycles. The van der Waals surface area contributed by atoms with E-state index in [0.29, 0.717) is 44.3 Å². The summed E-state index contributed by atoms with van der Waals surface area (Å²) in [4.78, 5) is 26.8. The Hall–Kier alpha value is -2.14. The van der Waals surface area contributed by atoms with E-state index in [1.165, 1.54) is 0 Å². The third-order valence-corrected chi connectivity index (χ3v) is 6.00. The van der Waals surface area contributed by atoms with Crippen LogP contribution in [-0.4, -0.2) is 66.0 Å². The number of hydrogen-bond donors (Lipinski definition) is 3. The zero-order chi connectivity index (χ0) is 22.1. The van der Waals surface area contributed by atoms with Crippen LogP contribution < -0.4 is 10.0 Å². The quantitative estimate of drug-likeness (QED) is 0.645. The fourth-order valence-corrected chi connectivity index (χ4v) is 4.72. The molecule has 2 amide bonds.